The van der Waals surface area contributed by atoms with Crippen LogP contribution in [0, 0.1) is 0 Å². The molecule has 1 aliphatic carbocycles. The monoisotopic (exact) mass is 330 g/mol. The van der Waals surface area contributed by atoms with Crippen molar-refractivity contribution in [2.24, 2.45) is 0 Å². The molecular weight excluding hydrogens is 298 g/mol. The Morgan fingerprint density at radius 2 is 1.88 bits per heavy atom. The van der Waals surface area contributed by atoms with Crippen LogP contribution in [0.2, 0.25) is 0 Å². The Balaban J connectivity index is 2.92. The van der Waals surface area contributed by atoms with Crippen molar-refractivity contribution in [2.75, 3.05) is 14.1 Å². The Morgan fingerprint density at radius 3 is 2.46 bits per heavy atom. The first-order valence-electron chi connectivity index (χ1n) is 8.62. The number of hydrogen-bond acceptors (Lipinski definition) is 1. The number of rotatable bonds is 6. The first-order valence-corrected chi connectivity index (χ1v) is 8.62. The molecule has 0 unspecified atom stereocenters. The zero-order chi connectivity index (χ0) is 18.3. The topological polar surface area (TPSA) is 41.7 Å². The van der Waals surface area contributed by atoms with Gasteiger partial charge in [0.1, 0.15) is 5.54 Å². The van der Waals surface area contributed by atoms with E-state index in [9.17, 15) is 4.79 Å². The Kier molecular flexibility index (Phi) is 7.43. The second kappa shape index (κ2) is 8.84. The molecule has 0 amide bonds. The van der Waals surface area contributed by atoms with Gasteiger partial charge in [-0.15, -0.1) is 0 Å². The predicted molar refractivity (Wildman–Crippen MR) is 101 cm³/mol. The zero-order valence-corrected chi connectivity index (χ0v) is 15.9. The molecule has 1 aliphatic rings. The fraction of sp³-hybridized carbons (Fsp3) is 0.476. The highest BCUT2D eigenvalue weighted by Gasteiger charge is 2.37. The molecule has 0 fully saturated rings. The average Bonchev–Trinajstić information content (AvgIpc) is 2.45. The second-order valence-electron chi connectivity index (χ2n) is 7.21. The van der Waals surface area contributed by atoms with Gasteiger partial charge in [0.05, 0.1) is 14.1 Å². The van der Waals surface area contributed by atoms with Crippen molar-refractivity contribution in [1.82, 2.24) is 0 Å². The number of nitrogens with one attached hydrogen (secondary N) is 1. The number of carbonyl (C=O) groups is 1. The molecule has 3 heteroatoms. The third-order valence-electron chi connectivity index (χ3n) is 4.97. The van der Waals surface area contributed by atoms with Crippen LogP contribution in [0.15, 0.2) is 58.7 Å². The highest BCUT2D eigenvalue weighted by atomic mass is 16.4. The first kappa shape index (κ1) is 20.2. The van der Waals surface area contributed by atoms with Crippen LogP contribution in [-0.2, 0) is 4.79 Å². The van der Waals surface area contributed by atoms with E-state index in [2.05, 4.69) is 47.0 Å². The van der Waals surface area contributed by atoms with Crippen molar-refractivity contribution >= 4 is 5.97 Å². The lowest BCUT2D eigenvalue weighted by molar-refractivity contribution is -0.907. The van der Waals surface area contributed by atoms with Crippen molar-refractivity contribution in [3.05, 3.63) is 58.7 Å². The molecule has 0 spiro atoms. The molecule has 0 aromatic heterocycles. The normalized spacial score (nSPS) is 23.8. The summed E-state index contributed by atoms with van der Waals surface area (Å²) < 4.78 is 0. The summed E-state index contributed by atoms with van der Waals surface area (Å²) in [5.41, 5.74) is 4.99. The van der Waals surface area contributed by atoms with Crippen molar-refractivity contribution in [3.63, 3.8) is 0 Å². The smallest absolute Gasteiger partial charge is 0.328 e. The van der Waals surface area contributed by atoms with Crippen LogP contribution in [0.1, 0.15) is 47.0 Å². The van der Waals surface area contributed by atoms with Crippen molar-refractivity contribution < 1.29 is 14.8 Å². The quantitative estimate of drug-likeness (QED) is 0.578. The molecule has 1 rings (SSSR count). The summed E-state index contributed by atoms with van der Waals surface area (Å²) in [6, 6.07) is 0. The number of likely N-dealkylation sites (N-methyl/N-ethyl adjacent to an activating group) is 1. The van der Waals surface area contributed by atoms with E-state index in [0.717, 1.165) is 11.1 Å². The lowest BCUT2D eigenvalue weighted by Crippen LogP contribution is -3.15. The maximum Gasteiger partial charge on any atom is 0.328 e. The molecular formula is C21H32NO2+. The molecule has 24 heavy (non-hydrogen) atoms. The Morgan fingerprint density at radius 1 is 1.21 bits per heavy atom. The molecule has 0 aromatic carbocycles. The van der Waals surface area contributed by atoms with Crippen LogP contribution < -0.4 is 4.90 Å². The van der Waals surface area contributed by atoms with Crippen LogP contribution in [-0.4, -0.2) is 30.7 Å². The van der Waals surface area contributed by atoms with Gasteiger partial charge >= 0.3 is 5.97 Å². The van der Waals surface area contributed by atoms with Crippen molar-refractivity contribution in [2.45, 2.75) is 52.5 Å². The van der Waals surface area contributed by atoms with E-state index < -0.39 is 5.97 Å². The summed E-state index contributed by atoms with van der Waals surface area (Å²) in [5.74, 6) is -0.914. The minimum absolute atomic E-state index is 0.176. The second-order valence-corrected chi connectivity index (χ2v) is 7.21. The number of quaternary nitrogens is 1. The number of hydrogen-bond donors (Lipinski definition) is 2. The largest absolute Gasteiger partial charge is 0.478 e. The molecule has 0 bridgehead atoms. The van der Waals surface area contributed by atoms with Gasteiger partial charge < -0.3 is 10.0 Å². The minimum Gasteiger partial charge on any atom is -0.478 e. The number of aliphatic carboxylic acids is 1. The van der Waals surface area contributed by atoms with Crippen LogP contribution in [0.4, 0.5) is 0 Å². The van der Waals surface area contributed by atoms with Gasteiger partial charge in [-0.25, -0.2) is 4.79 Å². The summed E-state index contributed by atoms with van der Waals surface area (Å²) in [6.07, 6.45) is 15.0. The lowest BCUT2D eigenvalue weighted by Gasteiger charge is -2.38. The third kappa shape index (κ3) is 5.64. The first-order chi connectivity index (χ1) is 11.2. The molecule has 0 saturated carbocycles. The van der Waals surface area contributed by atoms with Crippen molar-refractivity contribution in [3.8, 4) is 0 Å². The van der Waals surface area contributed by atoms with E-state index in [4.69, 9.17) is 5.11 Å². The van der Waals surface area contributed by atoms with E-state index in [1.54, 1.807) is 6.92 Å². The molecule has 0 saturated heterocycles. The fourth-order valence-electron chi connectivity index (χ4n) is 3.16. The number of carboxylic acid groups (broad SMARTS) is 1. The number of allylic oxidation sites excluding steroid dienone is 7. The SMILES string of the molecule is CC1=C(/C=C/C(C)=C/C=C/C(C)=C/C(=O)O)[C@](C)([NH+](C)C)CCC1. The van der Waals surface area contributed by atoms with E-state index in [0.29, 0.717) is 0 Å². The van der Waals surface area contributed by atoms with Gasteiger partial charge in [-0.05, 0) is 46.1 Å². The van der Waals surface area contributed by atoms with E-state index in [-0.39, 0.29) is 5.54 Å². The lowest BCUT2D eigenvalue weighted by atomic mass is 9.77. The van der Waals surface area contributed by atoms with Gasteiger partial charge in [0.2, 0.25) is 0 Å². The van der Waals surface area contributed by atoms with Gasteiger partial charge in [0.25, 0.3) is 0 Å². The summed E-state index contributed by atoms with van der Waals surface area (Å²) >= 11 is 0. The molecule has 132 valence electrons. The molecule has 2 N–H and O–H groups in total. The summed E-state index contributed by atoms with van der Waals surface area (Å²) in [6.45, 7) is 8.45. The average molecular weight is 330 g/mol. The Labute approximate surface area is 146 Å². The Bertz CT molecular complexity index is 618. The Hall–Kier alpha value is -1.87. The highest BCUT2D eigenvalue weighted by Crippen LogP contribution is 2.32. The highest BCUT2D eigenvalue weighted by molar-refractivity contribution is 5.81. The predicted octanol–water partition coefficient (Wildman–Crippen LogP) is 3.48. The third-order valence-corrected chi connectivity index (χ3v) is 4.97. The molecule has 0 heterocycles. The standard InChI is InChI=1S/C21H31NO2/c1-16(9-7-10-17(2)15-20(23)24)12-13-19-18(3)11-8-14-21(19,4)22(5)6/h7,9-10,12-13,15H,8,11,14H2,1-6H3,(H,23,24)/p+1/b10-7+,13-12+,16-9+,17-15+/t21-/m1/s1. The van der Waals surface area contributed by atoms with Gasteiger partial charge in [-0.3, -0.25) is 0 Å². The molecule has 3 nitrogen and oxygen atoms in total. The van der Waals surface area contributed by atoms with E-state index in [1.807, 2.05) is 18.2 Å². The molecule has 0 aromatic rings. The van der Waals surface area contributed by atoms with Crippen LogP contribution in [0.25, 0.3) is 0 Å². The van der Waals surface area contributed by atoms with E-state index in [1.165, 1.54) is 41.4 Å². The van der Waals surface area contributed by atoms with Crippen LogP contribution in [0.5, 0.6) is 0 Å². The van der Waals surface area contributed by atoms with Crippen molar-refractivity contribution in [1.29, 1.82) is 0 Å². The number of carboxylic acids is 1. The maximum absolute atomic E-state index is 10.6. The summed E-state index contributed by atoms with van der Waals surface area (Å²) in [4.78, 5) is 12.1. The minimum atomic E-state index is -0.914. The molecule has 1 atom stereocenters. The van der Waals surface area contributed by atoms with Crippen LogP contribution in [0.3, 0.4) is 0 Å². The zero-order valence-electron chi connectivity index (χ0n) is 15.9. The molecule has 0 radical (unpaired) electrons. The van der Waals surface area contributed by atoms with Gasteiger partial charge in [0.15, 0.2) is 0 Å². The fourth-order valence-corrected chi connectivity index (χ4v) is 3.16. The summed E-state index contributed by atoms with van der Waals surface area (Å²) in [7, 11) is 4.46. The van der Waals surface area contributed by atoms with Gasteiger partial charge in [-0.1, -0.05) is 41.5 Å². The maximum atomic E-state index is 10.6. The van der Waals surface area contributed by atoms with Crippen LogP contribution >= 0.6 is 0 Å². The summed E-state index contributed by atoms with van der Waals surface area (Å²) in [5, 5.41) is 8.70. The van der Waals surface area contributed by atoms with Gasteiger partial charge in [0, 0.05) is 18.1 Å². The van der Waals surface area contributed by atoms with Gasteiger partial charge in [-0.2, -0.15) is 0 Å². The van der Waals surface area contributed by atoms with E-state index >= 15 is 0 Å². The molecule has 0 aliphatic heterocycles.